The number of ketones is 1. The van der Waals surface area contributed by atoms with Crippen molar-refractivity contribution in [3.63, 3.8) is 0 Å². The Labute approximate surface area is 115 Å². The van der Waals surface area contributed by atoms with Crippen LogP contribution in [0.4, 0.5) is 0 Å². The minimum absolute atomic E-state index is 0.0688. The highest BCUT2D eigenvalue weighted by molar-refractivity contribution is 8.00. The molecule has 1 aromatic heterocycles. The molecule has 1 aromatic carbocycles. The second-order valence-electron chi connectivity index (χ2n) is 3.67. The minimum atomic E-state index is 0.0688. The van der Waals surface area contributed by atoms with Gasteiger partial charge in [0, 0.05) is 17.6 Å². The lowest BCUT2D eigenvalue weighted by atomic mass is 10.3. The molecule has 0 N–H and O–H groups in total. The summed E-state index contributed by atoms with van der Waals surface area (Å²) in [5.41, 5.74) is 0.650. The van der Waals surface area contributed by atoms with Crippen molar-refractivity contribution in [3.05, 3.63) is 47.2 Å². The van der Waals surface area contributed by atoms with Crippen molar-refractivity contribution in [1.82, 2.24) is 9.78 Å². The number of aryl methyl sites for hydroxylation is 1. The zero-order chi connectivity index (χ0) is 13.0. The van der Waals surface area contributed by atoms with E-state index in [-0.39, 0.29) is 5.78 Å². The zero-order valence-corrected chi connectivity index (χ0v) is 11.5. The fourth-order valence-electron chi connectivity index (χ4n) is 1.60. The molecule has 5 heteroatoms. The van der Waals surface area contributed by atoms with E-state index in [1.165, 1.54) is 11.8 Å². The molecule has 0 fully saturated rings. The average Bonchev–Trinajstić information content (AvgIpc) is 2.86. The van der Waals surface area contributed by atoms with Crippen LogP contribution in [-0.4, -0.2) is 21.3 Å². The van der Waals surface area contributed by atoms with Gasteiger partial charge in [0.15, 0.2) is 5.78 Å². The molecule has 1 heterocycles. The molecule has 0 aliphatic carbocycles. The van der Waals surface area contributed by atoms with Crippen LogP contribution in [0, 0.1) is 0 Å². The summed E-state index contributed by atoms with van der Waals surface area (Å²) in [4.78, 5) is 13.0. The van der Waals surface area contributed by atoms with Gasteiger partial charge >= 0.3 is 0 Å². The molecular weight excluding hydrogens is 268 g/mol. The van der Waals surface area contributed by atoms with Gasteiger partial charge in [0.25, 0.3) is 0 Å². The normalized spacial score (nSPS) is 10.6. The lowest BCUT2D eigenvalue weighted by Crippen LogP contribution is -2.11. The van der Waals surface area contributed by atoms with E-state index < -0.39 is 0 Å². The van der Waals surface area contributed by atoms with E-state index >= 15 is 0 Å². The predicted molar refractivity (Wildman–Crippen MR) is 74.4 cm³/mol. The summed E-state index contributed by atoms with van der Waals surface area (Å²) in [5.74, 6) is 0.439. The molecule has 0 spiro atoms. The van der Waals surface area contributed by atoms with Gasteiger partial charge in [-0.15, -0.1) is 11.8 Å². The van der Waals surface area contributed by atoms with Crippen LogP contribution in [0.5, 0.6) is 0 Å². The van der Waals surface area contributed by atoms with E-state index in [0.29, 0.717) is 23.0 Å². The summed E-state index contributed by atoms with van der Waals surface area (Å²) in [6.45, 7) is 2.66. The quantitative estimate of drug-likeness (QED) is 0.621. The lowest BCUT2D eigenvalue weighted by Gasteiger charge is -2.05. The molecule has 94 valence electrons. The van der Waals surface area contributed by atoms with Crippen molar-refractivity contribution in [2.24, 2.45) is 0 Å². The first-order chi connectivity index (χ1) is 8.72. The highest BCUT2D eigenvalue weighted by Gasteiger charge is 2.12. The number of halogens is 1. The van der Waals surface area contributed by atoms with Crippen molar-refractivity contribution in [3.8, 4) is 0 Å². The van der Waals surface area contributed by atoms with Gasteiger partial charge in [-0.3, -0.25) is 9.48 Å². The maximum Gasteiger partial charge on any atom is 0.191 e. The zero-order valence-electron chi connectivity index (χ0n) is 9.97. The number of benzene rings is 1. The summed E-state index contributed by atoms with van der Waals surface area (Å²) < 4.78 is 1.70. The number of carbonyl (C=O) groups is 1. The van der Waals surface area contributed by atoms with Crippen molar-refractivity contribution < 1.29 is 4.79 Å². The SMILES string of the molecule is CCn1nccc1C(=O)CSc1ccccc1Cl. The molecule has 3 nitrogen and oxygen atoms in total. The Kier molecular flexibility index (Phi) is 4.44. The lowest BCUT2D eigenvalue weighted by molar-refractivity contribution is 0.101. The van der Waals surface area contributed by atoms with Crippen LogP contribution in [0.3, 0.4) is 0 Å². The van der Waals surface area contributed by atoms with Gasteiger partial charge in [0.1, 0.15) is 5.69 Å². The van der Waals surface area contributed by atoms with Crippen molar-refractivity contribution in [2.75, 3.05) is 5.75 Å². The topological polar surface area (TPSA) is 34.9 Å². The number of Topliss-reactive ketones (excluding diaryl/α,β-unsaturated/α-hetero) is 1. The van der Waals surface area contributed by atoms with E-state index in [9.17, 15) is 4.79 Å². The van der Waals surface area contributed by atoms with Gasteiger partial charge < -0.3 is 0 Å². The van der Waals surface area contributed by atoms with Gasteiger partial charge in [-0.2, -0.15) is 5.10 Å². The molecule has 0 amide bonds. The second kappa shape index (κ2) is 6.07. The Morgan fingerprint density at radius 3 is 2.89 bits per heavy atom. The summed E-state index contributed by atoms with van der Waals surface area (Å²) in [6.07, 6.45) is 1.65. The maximum absolute atomic E-state index is 12.0. The largest absolute Gasteiger partial charge is 0.292 e. The van der Waals surface area contributed by atoms with E-state index in [4.69, 9.17) is 11.6 Å². The third-order valence-corrected chi connectivity index (χ3v) is 4.01. The maximum atomic E-state index is 12.0. The molecule has 0 aliphatic rings. The number of rotatable bonds is 5. The number of aromatic nitrogens is 2. The second-order valence-corrected chi connectivity index (χ2v) is 5.10. The number of hydrogen-bond acceptors (Lipinski definition) is 3. The standard InChI is InChI=1S/C13H13ClN2OS/c1-2-16-11(7-8-15-16)12(17)9-18-13-6-4-3-5-10(13)14/h3-8H,2,9H2,1H3. The minimum Gasteiger partial charge on any atom is -0.292 e. The van der Waals surface area contributed by atoms with Crippen LogP contribution in [-0.2, 0) is 6.54 Å². The first-order valence-electron chi connectivity index (χ1n) is 5.64. The fraction of sp³-hybridized carbons (Fsp3) is 0.231. The Morgan fingerprint density at radius 2 is 2.17 bits per heavy atom. The molecule has 0 bridgehead atoms. The summed E-state index contributed by atoms with van der Waals surface area (Å²) in [7, 11) is 0. The molecule has 0 saturated carbocycles. The molecular formula is C13H13ClN2OS. The number of hydrogen-bond donors (Lipinski definition) is 0. The molecule has 2 aromatic rings. The van der Waals surface area contributed by atoms with Gasteiger partial charge in [-0.1, -0.05) is 23.7 Å². The van der Waals surface area contributed by atoms with Crippen LogP contribution < -0.4 is 0 Å². The van der Waals surface area contributed by atoms with Gasteiger partial charge in [0.2, 0.25) is 0 Å². The Bertz CT molecular complexity index is 553. The van der Waals surface area contributed by atoms with Crippen LogP contribution in [0.1, 0.15) is 17.4 Å². The summed E-state index contributed by atoms with van der Waals surface area (Å²) in [5, 5.41) is 4.77. The molecule has 0 saturated heterocycles. The van der Waals surface area contributed by atoms with Crippen molar-refractivity contribution in [2.45, 2.75) is 18.4 Å². The monoisotopic (exact) mass is 280 g/mol. The van der Waals surface area contributed by atoms with Crippen LogP contribution in [0.15, 0.2) is 41.4 Å². The van der Waals surface area contributed by atoms with Crippen LogP contribution >= 0.6 is 23.4 Å². The number of thioether (sulfide) groups is 1. The summed E-state index contributed by atoms with van der Waals surface area (Å²) in [6, 6.07) is 9.27. The molecule has 18 heavy (non-hydrogen) atoms. The average molecular weight is 281 g/mol. The Morgan fingerprint density at radius 1 is 1.39 bits per heavy atom. The highest BCUT2D eigenvalue weighted by Crippen LogP contribution is 2.27. The fourth-order valence-corrected chi connectivity index (χ4v) is 2.72. The van der Waals surface area contributed by atoms with E-state index in [2.05, 4.69) is 5.10 Å². The van der Waals surface area contributed by atoms with Gasteiger partial charge in [0.05, 0.1) is 10.8 Å². The Hall–Kier alpha value is -1.26. The first kappa shape index (κ1) is 13.2. The van der Waals surface area contributed by atoms with E-state index in [1.54, 1.807) is 16.9 Å². The third kappa shape index (κ3) is 2.94. The first-order valence-corrected chi connectivity index (χ1v) is 7.01. The third-order valence-electron chi connectivity index (χ3n) is 2.50. The number of carbonyl (C=O) groups excluding carboxylic acids is 1. The molecule has 2 rings (SSSR count). The van der Waals surface area contributed by atoms with Crippen molar-refractivity contribution in [1.29, 1.82) is 0 Å². The molecule has 0 unspecified atom stereocenters. The molecule has 0 aliphatic heterocycles. The van der Waals surface area contributed by atoms with E-state index in [1.807, 2.05) is 31.2 Å². The van der Waals surface area contributed by atoms with E-state index in [0.717, 1.165) is 4.90 Å². The number of nitrogens with zero attached hydrogens (tertiary/aromatic N) is 2. The van der Waals surface area contributed by atoms with Crippen LogP contribution in [0.2, 0.25) is 5.02 Å². The van der Waals surface area contributed by atoms with Gasteiger partial charge in [-0.05, 0) is 25.1 Å². The van der Waals surface area contributed by atoms with Crippen LogP contribution in [0.25, 0.3) is 0 Å². The molecule has 0 atom stereocenters. The molecule has 0 radical (unpaired) electrons. The predicted octanol–water partition coefficient (Wildman–Crippen LogP) is 3.53. The Balaban J connectivity index is 2.03. The van der Waals surface area contributed by atoms with Gasteiger partial charge in [-0.25, -0.2) is 0 Å². The smallest absolute Gasteiger partial charge is 0.191 e. The van der Waals surface area contributed by atoms with Crippen molar-refractivity contribution >= 4 is 29.1 Å². The summed E-state index contributed by atoms with van der Waals surface area (Å²) >= 11 is 7.49. The highest BCUT2D eigenvalue weighted by atomic mass is 35.5.